The Morgan fingerprint density at radius 3 is 2.71 bits per heavy atom. The Morgan fingerprint density at radius 1 is 1.43 bits per heavy atom. The fraction of sp³-hybridized carbons (Fsp3) is 0.562. The molecule has 1 aliphatic heterocycles. The van der Waals surface area contributed by atoms with E-state index in [4.69, 9.17) is 10.5 Å². The lowest BCUT2D eigenvalue weighted by molar-refractivity contribution is -0.133. The number of likely N-dealkylation sites (N-methyl/N-ethyl adjacent to an activating group) is 1. The number of nitrogens with zero attached hydrogens (tertiary/aromatic N) is 1. The quantitative estimate of drug-likeness (QED) is 0.874. The molecule has 5 heteroatoms. The largest absolute Gasteiger partial charge is 0.376 e. The van der Waals surface area contributed by atoms with E-state index in [1.165, 1.54) is 0 Å². The van der Waals surface area contributed by atoms with Gasteiger partial charge in [-0.25, -0.2) is 0 Å². The highest BCUT2D eigenvalue weighted by Gasteiger charge is 2.25. The molecule has 0 spiro atoms. The maximum Gasteiger partial charge on any atom is 0.239 e. The van der Waals surface area contributed by atoms with Gasteiger partial charge in [0.15, 0.2) is 0 Å². The highest BCUT2D eigenvalue weighted by molar-refractivity contribution is 5.85. The number of amides is 1. The summed E-state index contributed by atoms with van der Waals surface area (Å²) < 4.78 is 5.60. The predicted octanol–water partition coefficient (Wildman–Crippen LogP) is 2.01. The summed E-state index contributed by atoms with van der Waals surface area (Å²) in [6.45, 7) is 4.15. The molecule has 21 heavy (non-hydrogen) atoms. The average molecular weight is 313 g/mol. The van der Waals surface area contributed by atoms with Gasteiger partial charge in [0.05, 0.1) is 12.1 Å². The van der Waals surface area contributed by atoms with E-state index < -0.39 is 6.04 Å². The topological polar surface area (TPSA) is 55.6 Å². The molecule has 0 aromatic heterocycles. The second kappa shape index (κ2) is 9.03. The normalized spacial score (nSPS) is 18.9. The van der Waals surface area contributed by atoms with Gasteiger partial charge in [0.1, 0.15) is 0 Å². The fourth-order valence-corrected chi connectivity index (χ4v) is 2.60. The third kappa shape index (κ3) is 5.30. The summed E-state index contributed by atoms with van der Waals surface area (Å²) in [6, 6.07) is 9.44. The van der Waals surface area contributed by atoms with E-state index in [0.717, 1.165) is 25.0 Å². The van der Waals surface area contributed by atoms with Crippen molar-refractivity contribution in [1.82, 2.24) is 4.90 Å². The number of ether oxygens (including phenoxy) is 1. The second-order valence-electron chi connectivity index (χ2n) is 5.31. The van der Waals surface area contributed by atoms with Gasteiger partial charge in [-0.3, -0.25) is 4.79 Å². The summed E-state index contributed by atoms with van der Waals surface area (Å²) in [6.07, 6.45) is 2.90. The van der Waals surface area contributed by atoms with Crippen LogP contribution < -0.4 is 5.73 Å². The van der Waals surface area contributed by atoms with Gasteiger partial charge in [0.2, 0.25) is 5.91 Å². The first kappa shape index (κ1) is 18.0. The number of halogens is 1. The minimum atomic E-state index is -0.473. The van der Waals surface area contributed by atoms with Crippen molar-refractivity contribution in [2.75, 3.05) is 19.7 Å². The standard InChI is InChI=1S/C16H24N2O2.ClH/c1-2-18(12-14-9-6-10-20-14)16(19)15(17)11-13-7-4-3-5-8-13;/h3-5,7-8,14-15H,2,6,9-12,17H2,1H3;1H. The molecule has 1 saturated heterocycles. The lowest BCUT2D eigenvalue weighted by atomic mass is 10.1. The second-order valence-corrected chi connectivity index (χ2v) is 5.31. The van der Waals surface area contributed by atoms with Gasteiger partial charge in [0.25, 0.3) is 0 Å². The number of hydrogen-bond acceptors (Lipinski definition) is 3. The van der Waals surface area contributed by atoms with E-state index in [9.17, 15) is 4.79 Å². The third-order valence-electron chi connectivity index (χ3n) is 3.76. The van der Waals surface area contributed by atoms with Crippen LogP contribution >= 0.6 is 12.4 Å². The number of benzene rings is 1. The average Bonchev–Trinajstić information content (AvgIpc) is 2.98. The van der Waals surface area contributed by atoms with Crippen molar-refractivity contribution in [1.29, 1.82) is 0 Å². The summed E-state index contributed by atoms with van der Waals surface area (Å²) in [5.74, 6) is 0.0202. The number of hydrogen-bond donors (Lipinski definition) is 1. The molecule has 0 radical (unpaired) electrons. The molecular formula is C16H25ClN2O2. The highest BCUT2D eigenvalue weighted by atomic mass is 35.5. The third-order valence-corrected chi connectivity index (χ3v) is 3.76. The van der Waals surface area contributed by atoms with Crippen molar-refractivity contribution in [3.8, 4) is 0 Å². The Morgan fingerprint density at radius 2 is 2.14 bits per heavy atom. The Balaban J connectivity index is 0.00000220. The summed E-state index contributed by atoms with van der Waals surface area (Å²) in [5.41, 5.74) is 7.17. The van der Waals surface area contributed by atoms with E-state index in [-0.39, 0.29) is 24.4 Å². The van der Waals surface area contributed by atoms with Crippen molar-refractivity contribution in [3.63, 3.8) is 0 Å². The number of rotatable bonds is 6. The summed E-state index contributed by atoms with van der Waals surface area (Å²) in [5, 5.41) is 0. The Kier molecular flexibility index (Phi) is 7.72. The molecule has 2 rings (SSSR count). The van der Waals surface area contributed by atoms with Crippen LogP contribution in [0, 0.1) is 0 Å². The molecule has 0 aliphatic carbocycles. The fourth-order valence-electron chi connectivity index (χ4n) is 2.60. The number of carbonyl (C=O) groups excluding carboxylic acids is 1. The van der Waals surface area contributed by atoms with Crippen LogP contribution in [0.4, 0.5) is 0 Å². The van der Waals surface area contributed by atoms with Crippen molar-refractivity contribution < 1.29 is 9.53 Å². The van der Waals surface area contributed by atoms with Crippen LogP contribution in [0.15, 0.2) is 30.3 Å². The van der Waals surface area contributed by atoms with Gasteiger partial charge in [-0.05, 0) is 31.7 Å². The van der Waals surface area contributed by atoms with Crippen LogP contribution in [-0.4, -0.2) is 42.6 Å². The first-order chi connectivity index (χ1) is 9.70. The maximum atomic E-state index is 12.4. The van der Waals surface area contributed by atoms with Gasteiger partial charge >= 0.3 is 0 Å². The zero-order chi connectivity index (χ0) is 14.4. The molecule has 2 unspecified atom stereocenters. The smallest absolute Gasteiger partial charge is 0.239 e. The first-order valence-corrected chi connectivity index (χ1v) is 7.40. The molecule has 2 atom stereocenters. The van der Waals surface area contributed by atoms with E-state index >= 15 is 0 Å². The van der Waals surface area contributed by atoms with Gasteiger partial charge in [-0.2, -0.15) is 0 Å². The van der Waals surface area contributed by atoms with Crippen LogP contribution in [0.2, 0.25) is 0 Å². The minimum absolute atomic E-state index is 0. The first-order valence-electron chi connectivity index (χ1n) is 7.40. The van der Waals surface area contributed by atoms with Crippen molar-refractivity contribution in [2.24, 2.45) is 5.73 Å². The Bertz CT molecular complexity index is 422. The molecule has 1 fully saturated rings. The molecule has 1 aromatic carbocycles. The Hall–Kier alpha value is -1.10. The molecule has 1 heterocycles. The maximum absolute atomic E-state index is 12.4. The summed E-state index contributed by atoms with van der Waals surface area (Å²) >= 11 is 0. The zero-order valence-electron chi connectivity index (χ0n) is 12.5. The lowest BCUT2D eigenvalue weighted by Gasteiger charge is -2.26. The van der Waals surface area contributed by atoms with Crippen LogP contribution in [0.3, 0.4) is 0 Å². The molecule has 1 aromatic rings. The van der Waals surface area contributed by atoms with Crippen molar-refractivity contribution in [2.45, 2.75) is 38.3 Å². The molecule has 0 saturated carbocycles. The molecular weight excluding hydrogens is 288 g/mol. The van der Waals surface area contributed by atoms with E-state index in [1.54, 1.807) is 0 Å². The Labute approximate surface area is 133 Å². The molecule has 118 valence electrons. The van der Waals surface area contributed by atoms with Gasteiger partial charge < -0.3 is 15.4 Å². The molecule has 0 bridgehead atoms. The van der Waals surface area contributed by atoms with Crippen LogP contribution in [-0.2, 0) is 16.0 Å². The SMILES string of the molecule is CCN(CC1CCCO1)C(=O)C(N)Cc1ccccc1.Cl. The summed E-state index contributed by atoms with van der Waals surface area (Å²) in [4.78, 5) is 14.2. The molecule has 4 nitrogen and oxygen atoms in total. The monoisotopic (exact) mass is 312 g/mol. The molecule has 2 N–H and O–H groups in total. The predicted molar refractivity (Wildman–Crippen MR) is 86.6 cm³/mol. The zero-order valence-corrected chi connectivity index (χ0v) is 13.3. The number of carbonyl (C=O) groups is 1. The lowest BCUT2D eigenvalue weighted by Crippen LogP contribution is -2.47. The summed E-state index contributed by atoms with van der Waals surface area (Å²) in [7, 11) is 0. The van der Waals surface area contributed by atoms with Gasteiger partial charge in [-0.15, -0.1) is 12.4 Å². The van der Waals surface area contributed by atoms with Gasteiger partial charge in [-0.1, -0.05) is 30.3 Å². The van der Waals surface area contributed by atoms with E-state index in [1.807, 2.05) is 42.2 Å². The van der Waals surface area contributed by atoms with Crippen molar-refractivity contribution in [3.05, 3.63) is 35.9 Å². The van der Waals surface area contributed by atoms with Gasteiger partial charge in [0, 0.05) is 19.7 Å². The molecule has 1 amide bonds. The number of nitrogens with two attached hydrogens (primary N) is 1. The highest BCUT2D eigenvalue weighted by Crippen LogP contribution is 2.14. The van der Waals surface area contributed by atoms with E-state index in [2.05, 4.69) is 0 Å². The van der Waals surface area contributed by atoms with E-state index in [0.29, 0.717) is 19.5 Å². The van der Waals surface area contributed by atoms with Crippen molar-refractivity contribution >= 4 is 18.3 Å². The molecule has 1 aliphatic rings. The van der Waals surface area contributed by atoms with Crippen LogP contribution in [0.25, 0.3) is 0 Å². The minimum Gasteiger partial charge on any atom is -0.376 e. The van der Waals surface area contributed by atoms with Crippen LogP contribution in [0.1, 0.15) is 25.3 Å². The van der Waals surface area contributed by atoms with Crippen LogP contribution in [0.5, 0.6) is 0 Å².